The van der Waals surface area contributed by atoms with Crippen LogP contribution < -0.4 is 0 Å². The molecule has 36 valence electrons. The number of hydrogen-bond donors (Lipinski definition) is 0. The molecule has 0 heterocycles. The fourth-order valence-corrected chi connectivity index (χ4v) is 0. The zero-order chi connectivity index (χ0) is 4.50. The van der Waals surface area contributed by atoms with Crippen LogP contribution in [0.4, 0.5) is 0 Å². The molecule has 6 heavy (non-hydrogen) atoms. The molecule has 0 bridgehead atoms. The van der Waals surface area contributed by atoms with Crippen LogP contribution in [0.25, 0.3) is 0 Å². The normalized spacial score (nSPS) is 10.0. The number of halogens is 4. The zero-order valence-electron chi connectivity index (χ0n) is 2.01. The first kappa shape index (κ1) is 11.2. The van der Waals surface area contributed by atoms with E-state index in [1.807, 2.05) is 0 Å². The molecule has 5 heteroatoms. The molecule has 0 rings (SSSR count). The summed E-state index contributed by atoms with van der Waals surface area (Å²) < 4.78 is -1.61. The van der Waals surface area contributed by atoms with Crippen molar-refractivity contribution in [2.45, 2.75) is 3.25 Å². The molecule has 0 N–H and O–H groups in total. The van der Waals surface area contributed by atoms with Crippen LogP contribution in [0.5, 0.6) is 0 Å². The van der Waals surface area contributed by atoms with E-state index in [9.17, 15) is 0 Å². The molecule has 0 aliphatic carbocycles. The van der Waals surface area contributed by atoms with Gasteiger partial charge in [-0.05, 0) is 0 Å². The second kappa shape index (κ2) is 4.31. The summed E-state index contributed by atoms with van der Waals surface area (Å²) in [5.41, 5.74) is 0. The molecule has 0 aromatic carbocycles. The van der Waals surface area contributed by atoms with Gasteiger partial charge in [0, 0.05) is 0 Å². The third-order valence-electron chi connectivity index (χ3n) is 0. The summed E-state index contributed by atoms with van der Waals surface area (Å²) in [7, 11) is 0. The van der Waals surface area contributed by atoms with E-state index in [4.69, 9.17) is 46.4 Å². The van der Waals surface area contributed by atoms with Crippen LogP contribution in [0.15, 0.2) is 0 Å². The van der Waals surface area contributed by atoms with Crippen molar-refractivity contribution in [3.8, 4) is 0 Å². The first-order valence-corrected chi connectivity index (χ1v) is 2.27. The summed E-state index contributed by atoms with van der Waals surface area (Å²) in [6.07, 6.45) is 0. The molecule has 0 aliphatic rings. The van der Waals surface area contributed by atoms with Crippen molar-refractivity contribution in [1.29, 1.82) is 0 Å². The Kier molecular flexibility index (Phi) is 8.09. The van der Waals surface area contributed by atoms with Crippen molar-refractivity contribution in [2.75, 3.05) is 0 Å². The second-order valence-electron chi connectivity index (χ2n) is 0.429. The van der Waals surface area contributed by atoms with Gasteiger partial charge in [-0.1, -0.05) is 46.4 Å². The van der Waals surface area contributed by atoms with Crippen LogP contribution in [0.2, 0.25) is 0 Å². The van der Waals surface area contributed by atoms with Gasteiger partial charge in [0.05, 0.1) is 0 Å². The molecule has 0 atom stereocenters. The first-order chi connectivity index (χ1) is 2.00. The Morgan fingerprint density at radius 2 is 0.833 bits per heavy atom. The summed E-state index contributed by atoms with van der Waals surface area (Å²) >= 11 is 19.3. The summed E-state index contributed by atoms with van der Waals surface area (Å²) in [6.45, 7) is 0. The van der Waals surface area contributed by atoms with Crippen LogP contribution in [0.1, 0.15) is 0 Å². The van der Waals surface area contributed by atoms with Gasteiger partial charge in [-0.25, -0.2) is 0 Å². The average Bonchev–Trinajstić information content (AvgIpc) is 0.722. The molecule has 0 fully saturated rings. The maximum absolute atomic E-state index is 4.83. The SMILES string of the molecule is ClC(Cl)(Cl)Cl.[CaH2]. The topological polar surface area (TPSA) is 0 Å². The number of alkyl halides is 4. The Morgan fingerprint density at radius 1 is 0.833 bits per heavy atom. The quantitative estimate of drug-likeness (QED) is 0.408. The molecule has 0 spiro atoms. The van der Waals surface area contributed by atoms with Gasteiger partial charge in [0.25, 0.3) is 3.25 Å². The van der Waals surface area contributed by atoms with E-state index in [-0.39, 0.29) is 37.7 Å². The minimum atomic E-state index is -1.61. The van der Waals surface area contributed by atoms with E-state index in [0.29, 0.717) is 0 Å². The third kappa shape index (κ3) is 32.2. The van der Waals surface area contributed by atoms with Crippen molar-refractivity contribution in [1.82, 2.24) is 0 Å². The summed E-state index contributed by atoms with van der Waals surface area (Å²) in [4.78, 5) is 0. The fraction of sp³-hybridized carbons (Fsp3) is 1.00. The molecular weight excluding hydrogens is 194 g/mol. The Labute approximate surface area is 86.1 Å². The van der Waals surface area contributed by atoms with Crippen LogP contribution >= 0.6 is 46.4 Å². The Bertz CT molecular complexity index is 23.0. The molecular formula is CH2CaCl4. The molecule has 0 radical (unpaired) electrons. The molecule has 0 amide bonds. The van der Waals surface area contributed by atoms with Crippen LogP contribution in [0.3, 0.4) is 0 Å². The van der Waals surface area contributed by atoms with Crippen molar-refractivity contribution < 1.29 is 0 Å². The first-order valence-electron chi connectivity index (χ1n) is 0.756. The van der Waals surface area contributed by atoms with Crippen molar-refractivity contribution >= 4 is 84.1 Å². The van der Waals surface area contributed by atoms with Gasteiger partial charge in [-0.2, -0.15) is 0 Å². The third-order valence-corrected chi connectivity index (χ3v) is 0. The second-order valence-corrected chi connectivity index (χ2v) is 3.86. The van der Waals surface area contributed by atoms with Crippen molar-refractivity contribution in [2.24, 2.45) is 0 Å². The van der Waals surface area contributed by atoms with E-state index in [1.54, 1.807) is 0 Å². The summed E-state index contributed by atoms with van der Waals surface area (Å²) in [5.74, 6) is 0. The predicted octanol–water partition coefficient (Wildman–Crippen LogP) is 1.64. The van der Waals surface area contributed by atoms with Gasteiger partial charge < -0.3 is 0 Å². The molecule has 0 aromatic rings. The van der Waals surface area contributed by atoms with Crippen molar-refractivity contribution in [3.63, 3.8) is 0 Å². The van der Waals surface area contributed by atoms with E-state index in [2.05, 4.69) is 0 Å². The summed E-state index contributed by atoms with van der Waals surface area (Å²) in [5, 5.41) is 0. The van der Waals surface area contributed by atoms with Gasteiger partial charge in [0.1, 0.15) is 0 Å². The molecule has 0 aliphatic heterocycles. The Hall–Kier alpha value is 2.42. The Morgan fingerprint density at radius 3 is 0.833 bits per heavy atom. The molecule has 0 saturated heterocycles. The molecule has 0 nitrogen and oxygen atoms in total. The van der Waals surface area contributed by atoms with Gasteiger partial charge in [-0.3, -0.25) is 0 Å². The Balaban J connectivity index is 0. The average molecular weight is 196 g/mol. The van der Waals surface area contributed by atoms with Gasteiger partial charge in [-0.15, -0.1) is 0 Å². The number of rotatable bonds is 0. The predicted molar refractivity (Wildman–Crippen MR) is 34.7 cm³/mol. The van der Waals surface area contributed by atoms with Gasteiger partial charge in [0.2, 0.25) is 0 Å². The maximum atomic E-state index is 4.83. The molecule has 0 unspecified atom stereocenters. The number of hydrogen-bond acceptors (Lipinski definition) is 0. The standard InChI is InChI=1S/CCl4.Ca.2H/c2-1(3,4)5;;;. The molecule has 0 aromatic heterocycles. The van der Waals surface area contributed by atoms with Crippen LogP contribution in [0, 0.1) is 0 Å². The van der Waals surface area contributed by atoms with Gasteiger partial charge >= 0.3 is 37.7 Å². The van der Waals surface area contributed by atoms with Crippen molar-refractivity contribution in [3.05, 3.63) is 0 Å². The minimum absolute atomic E-state index is 0. The van der Waals surface area contributed by atoms with E-state index < -0.39 is 3.25 Å². The summed E-state index contributed by atoms with van der Waals surface area (Å²) in [6, 6.07) is 0. The van der Waals surface area contributed by atoms with E-state index in [1.165, 1.54) is 0 Å². The van der Waals surface area contributed by atoms with E-state index in [0.717, 1.165) is 0 Å². The fourth-order valence-electron chi connectivity index (χ4n) is 0. The molecule has 0 saturated carbocycles. The van der Waals surface area contributed by atoms with Crippen LogP contribution in [-0.2, 0) is 0 Å². The van der Waals surface area contributed by atoms with Gasteiger partial charge in [0.15, 0.2) is 0 Å². The van der Waals surface area contributed by atoms with E-state index >= 15 is 0 Å². The monoisotopic (exact) mass is 194 g/mol. The zero-order valence-corrected chi connectivity index (χ0v) is 5.04. The van der Waals surface area contributed by atoms with Crippen LogP contribution in [-0.4, -0.2) is 41.0 Å².